The molecule has 0 aliphatic rings. The third-order valence-corrected chi connectivity index (χ3v) is 0.0962. The van der Waals surface area contributed by atoms with Gasteiger partial charge in [-0.3, -0.25) is 4.79 Å². The number of methoxy groups -OCH3 is 1. The molecule has 0 saturated heterocycles. The summed E-state index contributed by atoms with van der Waals surface area (Å²) in [6, 6.07) is 0. The minimum Gasteiger partial charge on any atom is -0.471 e. The number of ketones is 1. The topological polar surface area (TPSA) is 43.4 Å². The van der Waals surface area contributed by atoms with Crippen LogP contribution in [0.5, 0.6) is 0 Å². The molecule has 0 fully saturated rings. The van der Waals surface area contributed by atoms with Gasteiger partial charge in [0.05, 0.1) is 7.11 Å². The summed E-state index contributed by atoms with van der Waals surface area (Å²) < 4.78 is 42.4. The number of carbonyl (C=O) groups excluding carboxylic acids is 2. The van der Waals surface area contributed by atoms with Crippen LogP contribution in [-0.4, -0.2) is 19.4 Å². The summed E-state index contributed by atoms with van der Waals surface area (Å²) in [7, 11) is 1.31. The van der Waals surface area contributed by atoms with Crippen molar-refractivity contribution in [2.24, 2.45) is 0 Å². The first-order valence-corrected chi connectivity index (χ1v) is 1.58. The fourth-order valence-electron chi connectivity index (χ4n) is 0. The normalized spacial score (nSPS) is 20.1. The van der Waals surface area contributed by atoms with E-state index in [2.05, 4.69) is 4.74 Å². The van der Waals surface area contributed by atoms with Gasteiger partial charge >= 0.3 is 0 Å². The van der Waals surface area contributed by atoms with Gasteiger partial charge in [0.15, 0.2) is 0 Å². The quantitative estimate of drug-likeness (QED) is 0.475. The van der Waals surface area contributed by atoms with Gasteiger partial charge in [0, 0.05) is 8.22 Å². The Kier molecular flexibility index (Phi) is 2.57. The van der Waals surface area contributed by atoms with Crippen molar-refractivity contribution in [3.8, 4) is 0 Å². The lowest BCUT2D eigenvalue weighted by Gasteiger charge is -1.67. The maximum absolute atomic E-state index is 10.4. The Morgan fingerprint density at radius 1 is 1.75 bits per heavy atom. The fourth-order valence-corrected chi connectivity index (χ4v) is 0. The molecule has 8 heavy (non-hydrogen) atoms. The molecule has 0 amide bonds. The van der Waals surface area contributed by atoms with Crippen molar-refractivity contribution in [1.29, 1.82) is 0 Å². The van der Waals surface area contributed by atoms with E-state index in [1.165, 1.54) is 7.11 Å². The summed E-state index contributed by atoms with van der Waals surface area (Å²) in [5.41, 5.74) is 0. The Balaban J connectivity index is 0. The van der Waals surface area contributed by atoms with E-state index in [0.717, 1.165) is 0 Å². The standard InChI is InChI=1S/C3H6O.C2H4O2/c1-3(2)4;1-4-2-3/h1-2H3;2H,1H3/i1D3,2D3;. The van der Waals surface area contributed by atoms with Gasteiger partial charge in [-0.05, 0) is 13.7 Å². The molecule has 0 aromatic rings. The number of rotatable bonds is 1. The van der Waals surface area contributed by atoms with Crippen molar-refractivity contribution < 1.29 is 22.6 Å². The fraction of sp³-hybridized carbons (Fsp3) is 0.600. The Morgan fingerprint density at radius 3 is 2.12 bits per heavy atom. The Morgan fingerprint density at radius 2 is 2.12 bits per heavy atom. The highest BCUT2D eigenvalue weighted by Crippen LogP contribution is 1.50. The highest BCUT2D eigenvalue weighted by Gasteiger charge is 1.62. The Bertz CT molecular complexity index is 177. The number of carbonyl (C=O) groups is 2. The highest BCUT2D eigenvalue weighted by molar-refractivity contribution is 5.72. The molecule has 0 spiro atoms. The zero-order valence-electron chi connectivity index (χ0n) is 10.3. The van der Waals surface area contributed by atoms with E-state index < -0.39 is 19.5 Å². The predicted molar refractivity (Wildman–Crippen MR) is 29.4 cm³/mol. The van der Waals surface area contributed by atoms with Gasteiger partial charge in [0.1, 0.15) is 5.78 Å². The molecule has 0 aromatic heterocycles. The second-order valence-electron chi connectivity index (χ2n) is 0.661. The van der Waals surface area contributed by atoms with E-state index in [4.69, 9.17) is 13.0 Å². The van der Waals surface area contributed by atoms with Crippen molar-refractivity contribution in [3.63, 3.8) is 0 Å². The largest absolute Gasteiger partial charge is 0.471 e. The smallest absolute Gasteiger partial charge is 0.292 e. The third kappa shape index (κ3) is 4490. The van der Waals surface area contributed by atoms with Crippen LogP contribution < -0.4 is 0 Å². The number of hydrogen-bond acceptors (Lipinski definition) is 3. The molecule has 0 heterocycles. The van der Waals surface area contributed by atoms with Crippen LogP contribution in [0.25, 0.3) is 0 Å². The predicted octanol–water partition coefficient (Wildman–Crippen LogP) is 0.384. The first-order valence-electron chi connectivity index (χ1n) is 4.58. The van der Waals surface area contributed by atoms with Crippen LogP contribution >= 0.6 is 0 Å². The first kappa shape index (κ1) is 2.17. The summed E-state index contributed by atoms with van der Waals surface area (Å²) in [6.07, 6.45) is 0. The molecule has 0 radical (unpaired) electrons. The minimum absolute atomic E-state index is 0.375. The lowest BCUT2D eigenvalue weighted by molar-refractivity contribution is -0.126. The molecule has 0 rings (SSSR count). The van der Waals surface area contributed by atoms with Gasteiger partial charge in [-0.15, -0.1) is 0 Å². The highest BCUT2D eigenvalue weighted by atomic mass is 16.5. The molecule has 0 bridgehead atoms. The second-order valence-corrected chi connectivity index (χ2v) is 0.661. The van der Waals surface area contributed by atoms with Crippen molar-refractivity contribution in [1.82, 2.24) is 0 Å². The molecule has 0 aromatic carbocycles. The second kappa shape index (κ2) is 9.46. The molecule has 48 valence electrons. The van der Waals surface area contributed by atoms with E-state index in [-0.39, 0.29) is 0 Å². The van der Waals surface area contributed by atoms with E-state index in [9.17, 15) is 4.79 Å². The maximum Gasteiger partial charge on any atom is 0.292 e. The Labute approximate surface area is 57.1 Å². The third-order valence-electron chi connectivity index (χ3n) is 0.0962. The zero-order valence-corrected chi connectivity index (χ0v) is 4.30. The van der Waals surface area contributed by atoms with Gasteiger partial charge in [0.25, 0.3) is 6.47 Å². The first-order chi connectivity index (χ1) is 6.07. The van der Waals surface area contributed by atoms with Gasteiger partial charge in [0.2, 0.25) is 0 Å². The van der Waals surface area contributed by atoms with Crippen LogP contribution in [0.1, 0.15) is 21.9 Å². The van der Waals surface area contributed by atoms with Crippen molar-refractivity contribution in [2.45, 2.75) is 13.7 Å². The molecule has 0 saturated carbocycles. The van der Waals surface area contributed by atoms with Crippen molar-refractivity contribution in [3.05, 3.63) is 0 Å². The summed E-state index contributed by atoms with van der Waals surface area (Å²) in [5.74, 6) is -1.68. The van der Waals surface area contributed by atoms with Crippen LogP contribution in [0.15, 0.2) is 0 Å². The van der Waals surface area contributed by atoms with Gasteiger partial charge in [-0.25, -0.2) is 0 Å². The van der Waals surface area contributed by atoms with Crippen molar-refractivity contribution >= 4 is 12.3 Å². The van der Waals surface area contributed by atoms with Crippen LogP contribution in [-0.2, 0) is 14.3 Å². The van der Waals surface area contributed by atoms with Crippen LogP contribution in [0.4, 0.5) is 0 Å². The number of Topliss-reactive ketones (excluding diaryl/α,β-unsaturated/α-hetero) is 1. The van der Waals surface area contributed by atoms with Crippen LogP contribution in [0, 0.1) is 0 Å². The van der Waals surface area contributed by atoms with E-state index in [1.54, 1.807) is 0 Å². The van der Waals surface area contributed by atoms with Gasteiger partial charge in [-0.2, -0.15) is 0 Å². The molecule has 0 atom stereocenters. The molecular formula is C5H10O3. The Hall–Kier alpha value is -0.860. The van der Waals surface area contributed by atoms with Gasteiger partial charge < -0.3 is 9.53 Å². The SMILES string of the molecule is COC=O.[2H]C([2H])([2H])C(=O)C([2H])([2H])[2H]. The maximum atomic E-state index is 10.4. The lowest BCUT2D eigenvalue weighted by atomic mass is 10.6. The average Bonchev–Trinajstić information content (AvgIpc) is 2.00. The zero-order chi connectivity index (χ0) is 12.0. The number of hydrogen-bond donors (Lipinski definition) is 0. The molecule has 0 unspecified atom stereocenters. The minimum atomic E-state index is -3.01. The molecule has 3 nitrogen and oxygen atoms in total. The van der Waals surface area contributed by atoms with Crippen LogP contribution in [0.3, 0.4) is 0 Å². The van der Waals surface area contributed by atoms with E-state index in [0.29, 0.717) is 6.47 Å². The monoisotopic (exact) mass is 124 g/mol. The average molecular weight is 124 g/mol. The summed E-state index contributed by atoms with van der Waals surface area (Å²) in [6.45, 7) is -5.64. The van der Waals surface area contributed by atoms with E-state index >= 15 is 0 Å². The van der Waals surface area contributed by atoms with Crippen LogP contribution in [0.2, 0.25) is 0 Å². The summed E-state index contributed by atoms with van der Waals surface area (Å²) >= 11 is 0. The lowest BCUT2D eigenvalue weighted by Crippen LogP contribution is -1.69. The molecule has 0 N–H and O–H groups in total. The summed E-state index contributed by atoms with van der Waals surface area (Å²) in [4.78, 5) is 19.3. The number of ether oxygens (including phenoxy) is 1. The molecule has 0 aliphatic heterocycles. The van der Waals surface area contributed by atoms with Gasteiger partial charge in [-0.1, -0.05) is 0 Å². The van der Waals surface area contributed by atoms with E-state index in [1.807, 2.05) is 0 Å². The molecular weight excluding hydrogens is 108 g/mol. The van der Waals surface area contributed by atoms with Crippen molar-refractivity contribution in [2.75, 3.05) is 7.11 Å². The molecule has 0 aliphatic carbocycles. The summed E-state index contributed by atoms with van der Waals surface area (Å²) in [5, 5.41) is 0. The molecule has 3 heteroatoms.